The molecule has 2 heterocycles. The minimum absolute atomic E-state index is 0.0862. The van der Waals surface area contributed by atoms with Gasteiger partial charge in [-0.3, -0.25) is 4.79 Å². The van der Waals surface area contributed by atoms with Gasteiger partial charge < -0.3 is 4.90 Å². The highest BCUT2D eigenvalue weighted by Gasteiger charge is 2.32. The average molecular weight is 399 g/mol. The summed E-state index contributed by atoms with van der Waals surface area (Å²) in [7, 11) is -3.51. The Morgan fingerprint density at radius 1 is 1.04 bits per heavy atom. The zero-order valence-corrected chi connectivity index (χ0v) is 17.2. The lowest BCUT2D eigenvalue weighted by Crippen LogP contribution is -2.39. The van der Waals surface area contributed by atoms with E-state index in [1.54, 1.807) is 28.6 Å². The van der Waals surface area contributed by atoms with Crippen LogP contribution in [0.5, 0.6) is 0 Å². The van der Waals surface area contributed by atoms with Crippen LogP contribution in [0.15, 0.2) is 53.4 Å². The van der Waals surface area contributed by atoms with Crippen molar-refractivity contribution in [3.8, 4) is 0 Å². The molecule has 2 aromatic carbocycles. The number of carbonyl (C=O) groups is 1. The predicted molar refractivity (Wildman–Crippen MR) is 110 cm³/mol. The van der Waals surface area contributed by atoms with E-state index in [9.17, 15) is 13.2 Å². The summed E-state index contributed by atoms with van der Waals surface area (Å²) < 4.78 is 27.4. The van der Waals surface area contributed by atoms with Crippen molar-refractivity contribution in [2.45, 2.75) is 44.0 Å². The van der Waals surface area contributed by atoms with E-state index in [2.05, 4.69) is 6.92 Å². The highest BCUT2D eigenvalue weighted by atomic mass is 32.2. The summed E-state index contributed by atoms with van der Waals surface area (Å²) in [5.74, 6) is 0.286. The van der Waals surface area contributed by atoms with Crippen molar-refractivity contribution in [1.29, 1.82) is 0 Å². The van der Waals surface area contributed by atoms with Crippen molar-refractivity contribution in [3.05, 3.63) is 59.7 Å². The summed E-state index contributed by atoms with van der Waals surface area (Å²) >= 11 is 0. The van der Waals surface area contributed by atoms with Crippen molar-refractivity contribution in [2.75, 3.05) is 18.0 Å². The number of hydrogen-bond acceptors (Lipinski definition) is 3. The second kappa shape index (κ2) is 7.33. The molecule has 6 heteroatoms. The lowest BCUT2D eigenvalue weighted by Gasteiger charge is -2.30. The lowest BCUT2D eigenvalue weighted by molar-refractivity contribution is 0.0981. The Kier molecular flexibility index (Phi) is 5.02. The Balaban J connectivity index is 1.57. The second-order valence-corrected chi connectivity index (χ2v) is 9.93. The van der Waals surface area contributed by atoms with E-state index < -0.39 is 10.0 Å². The summed E-state index contributed by atoms with van der Waals surface area (Å²) in [6.07, 6.45) is 2.79. The van der Waals surface area contributed by atoms with Gasteiger partial charge in [0.05, 0.1) is 4.90 Å². The van der Waals surface area contributed by atoms with Gasteiger partial charge >= 0.3 is 0 Å². The van der Waals surface area contributed by atoms with E-state index in [0.29, 0.717) is 24.6 Å². The monoisotopic (exact) mass is 398 g/mol. The van der Waals surface area contributed by atoms with Gasteiger partial charge in [0.15, 0.2) is 0 Å². The number of fused-ring (bicyclic) bond motifs is 1. The second-order valence-electron chi connectivity index (χ2n) is 7.99. The van der Waals surface area contributed by atoms with E-state index >= 15 is 0 Å². The molecule has 0 aromatic heterocycles. The molecule has 2 aromatic rings. The molecule has 0 saturated carbocycles. The maximum atomic E-state index is 13.1. The first-order chi connectivity index (χ1) is 13.4. The van der Waals surface area contributed by atoms with E-state index in [1.807, 2.05) is 36.1 Å². The van der Waals surface area contributed by atoms with Gasteiger partial charge in [0.25, 0.3) is 5.91 Å². The summed E-state index contributed by atoms with van der Waals surface area (Å²) in [5, 5.41) is 0. The first kappa shape index (κ1) is 19.2. The van der Waals surface area contributed by atoms with Gasteiger partial charge in [-0.15, -0.1) is 0 Å². The number of sulfonamides is 1. The Labute approximate surface area is 167 Å². The van der Waals surface area contributed by atoms with E-state index in [1.165, 1.54) is 5.56 Å². The Morgan fingerprint density at radius 2 is 1.75 bits per heavy atom. The van der Waals surface area contributed by atoms with Crippen LogP contribution in [0, 0.1) is 5.92 Å². The lowest BCUT2D eigenvalue weighted by atomic mass is 10.0. The molecule has 2 unspecified atom stereocenters. The fourth-order valence-corrected chi connectivity index (χ4v) is 5.90. The SMILES string of the molecule is CC1CCCN(S(=O)(=O)c2ccc(C(=O)N3c4ccccc4CC3C)cc2)C1. The molecule has 1 fully saturated rings. The maximum Gasteiger partial charge on any atom is 0.258 e. The minimum atomic E-state index is -3.51. The van der Waals surface area contributed by atoms with Crippen LogP contribution in [-0.2, 0) is 16.4 Å². The molecule has 2 aliphatic heterocycles. The van der Waals surface area contributed by atoms with Crippen LogP contribution in [0.4, 0.5) is 5.69 Å². The Hall–Kier alpha value is -2.18. The molecule has 0 aliphatic carbocycles. The van der Waals surface area contributed by atoms with Gasteiger partial charge in [-0.2, -0.15) is 4.31 Å². The van der Waals surface area contributed by atoms with Crippen LogP contribution in [0.1, 0.15) is 42.6 Å². The topological polar surface area (TPSA) is 57.7 Å². The van der Waals surface area contributed by atoms with Crippen LogP contribution in [0.2, 0.25) is 0 Å². The summed E-state index contributed by atoms with van der Waals surface area (Å²) in [6.45, 7) is 5.24. The molecule has 1 amide bonds. The van der Waals surface area contributed by atoms with Crippen LogP contribution in [-0.4, -0.2) is 37.8 Å². The largest absolute Gasteiger partial charge is 0.305 e. The number of anilines is 1. The van der Waals surface area contributed by atoms with Gasteiger partial charge in [-0.1, -0.05) is 25.1 Å². The van der Waals surface area contributed by atoms with E-state index in [0.717, 1.165) is 24.9 Å². The van der Waals surface area contributed by atoms with E-state index in [4.69, 9.17) is 0 Å². The average Bonchev–Trinajstić information content (AvgIpc) is 3.03. The van der Waals surface area contributed by atoms with Crippen LogP contribution in [0.25, 0.3) is 0 Å². The summed E-state index contributed by atoms with van der Waals surface area (Å²) in [4.78, 5) is 15.2. The van der Waals surface area contributed by atoms with Crippen LogP contribution >= 0.6 is 0 Å². The molecule has 1 saturated heterocycles. The smallest absolute Gasteiger partial charge is 0.258 e. The van der Waals surface area contributed by atoms with Crippen LogP contribution < -0.4 is 4.90 Å². The Bertz CT molecular complexity index is 985. The molecule has 2 aliphatic rings. The molecule has 0 spiro atoms. The van der Waals surface area contributed by atoms with Gasteiger partial charge in [0, 0.05) is 30.4 Å². The molecule has 148 valence electrons. The van der Waals surface area contributed by atoms with Gasteiger partial charge in [0.1, 0.15) is 0 Å². The number of amides is 1. The van der Waals surface area contributed by atoms with Crippen molar-refractivity contribution in [3.63, 3.8) is 0 Å². The molecule has 0 N–H and O–H groups in total. The van der Waals surface area contributed by atoms with Crippen LogP contribution in [0.3, 0.4) is 0 Å². The van der Waals surface area contributed by atoms with E-state index in [-0.39, 0.29) is 16.8 Å². The summed E-state index contributed by atoms with van der Waals surface area (Å²) in [6, 6.07) is 14.4. The fraction of sp³-hybridized carbons (Fsp3) is 0.409. The number of nitrogens with zero attached hydrogens (tertiary/aromatic N) is 2. The molecule has 0 bridgehead atoms. The molecule has 0 radical (unpaired) electrons. The predicted octanol–water partition coefficient (Wildman–Crippen LogP) is 3.70. The molecule has 4 rings (SSSR count). The number of carbonyl (C=O) groups excluding carboxylic acids is 1. The molecular weight excluding hydrogens is 372 g/mol. The standard InChI is InChI=1S/C22H26N2O3S/c1-16-6-5-13-23(15-16)28(26,27)20-11-9-18(10-12-20)22(25)24-17(2)14-19-7-3-4-8-21(19)24/h3-4,7-12,16-17H,5-6,13-15H2,1-2H3. The third kappa shape index (κ3) is 3.35. The Morgan fingerprint density at radius 3 is 2.46 bits per heavy atom. The maximum absolute atomic E-state index is 13.1. The number of benzene rings is 2. The highest BCUT2D eigenvalue weighted by Crippen LogP contribution is 2.33. The van der Waals surface area contributed by atoms with Gasteiger partial charge in [-0.05, 0) is 68.0 Å². The van der Waals surface area contributed by atoms with Gasteiger partial charge in [-0.25, -0.2) is 8.42 Å². The quantitative estimate of drug-likeness (QED) is 0.792. The van der Waals surface area contributed by atoms with Crippen molar-refractivity contribution in [2.24, 2.45) is 5.92 Å². The first-order valence-electron chi connectivity index (χ1n) is 9.89. The normalized spacial score (nSPS) is 22.9. The molecule has 5 nitrogen and oxygen atoms in total. The van der Waals surface area contributed by atoms with Crippen molar-refractivity contribution >= 4 is 21.6 Å². The van der Waals surface area contributed by atoms with Crippen molar-refractivity contribution < 1.29 is 13.2 Å². The molecular formula is C22H26N2O3S. The highest BCUT2D eigenvalue weighted by molar-refractivity contribution is 7.89. The zero-order valence-electron chi connectivity index (χ0n) is 16.3. The number of para-hydroxylation sites is 1. The van der Waals surface area contributed by atoms with Crippen molar-refractivity contribution in [1.82, 2.24) is 4.31 Å². The minimum Gasteiger partial charge on any atom is -0.305 e. The summed E-state index contributed by atoms with van der Waals surface area (Å²) in [5.41, 5.74) is 2.62. The number of piperidine rings is 1. The number of rotatable bonds is 3. The third-order valence-corrected chi connectivity index (χ3v) is 7.66. The molecule has 28 heavy (non-hydrogen) atoms. The third-order valence-electron chi connectivity index (χ3n) is 5.78. The fourth-order valence-electron chi connectivity index (χ4n) is 4.30. The number of hydrogen-bond donors (Lipinski definition) is 0. The first-order valence-corrected chi connectivity index (χ1v) is 11.3. The molecule has 2 atom stereocenters. The zero-order chi connectivity index (χ0) is 19.9. The van der Waals surface area contributed by atoms with Gasteiger partial charge in [0.2, 0.25) is 10.0 Å².